The summed E-state index contributed by atoms with van der Waals surface area (Å²) in [5, 5.41) is 13.1. The Morgan fingerprint density at radius 3 is 2.42 bits per heavy atom. The molecule has 2 aromatic rings. The standard InChI is InChI=1S/C16H20N2O/c1-12-10-14(8-9-15(12)17)18-16(2,11-19)13-6-4-3-5-7-13/h3-10,18-19H,11,17H2,1-2H3. The molecule has 0 aliphatic heterocycles. The normalized spacial score (nSPS) is 13.8. The third-order valence-corrected chi connectivity index (χ3v) is 3.42. The summed E-state index contributed by atoms with van der Waals surface area (Å²) in [6, 6.07) is 15.7. The number of rotatable bonds is 4. The predicted molar refractivity (Wildman–Crippen MR) is 80.1 cm³/mol. The molecule has 3 heteroatoms. The first-order chi connectivity index (χ1) is 9.05. The van der Waals surface area contributed by atoms with E-state index in [1.165, 1.54) is 0 Å². The van der Waals surface area contributed by atoms with Gasteiger partial charge in [-0.25, -0.2) is 0 Å². The van der Waals surface area contributed by atoms with Gasteiger partial charge in [-0.2, -0.15) is 0 Å². The second-order valence-corrected chi connectivity index (χ2v) is 5.05. The maximum Gasteiger partial charge on any atom is 0.0828 e. The van der Waals surface area contributed by atoms with Crippen molar-refractivity contribution in [3.05, 3.63) is 59.7 Å². The van der Waals surface area contributed by atoms with E-state index in [4.69, 9.17) is 5.73 Å². The maximum absolute atomic E-state index is 9.74. The maximum atomic E-state index is 9.74. The lowest BCUT2D eigenvalue weighted by atomic mass is 9.92. The first-order valence-corrected chi connectivity index (χ1v) is 6.36. The molecular weight excluding hydrogens is 236 g/mol. The zero-order chi connectivity index (χ0) is 13.9. The van der Waals surface area contributed by atoms with Crippen LogP contribution >= 0.6 is 0 Å². The lowest BCUT2D eigenvalue weighted by molar-refractivity contribution is 0.224. The fraction of sp³-hybridized carbons (Fsp3) is 0.250. The number of aliphatic hydroxyl groups excluding tert-OH is 1. The molecule has 0 heterocycles. The summed E-state index contributed by atoms with van der Waals surface area (Å²) in [5.74, 6) is 0. The summed E-state index contributed by atoms with van der Waals surface area (Å²) in [6.07, 6.45) is 0. The number of nitrogens with two attached hydrogens (primary N) is 1. The van der Waals surface area contributed by atoms with Gasteiger partial charge in [0.05, 0.1) is 12.1 Å². The Balaban J connectivity index is 2.30. The van der Waals surface area contributed by atoms with Gasteiger partial charge >= 0.3 is 0 Å². The summed E-state index contributed by atoms with van der Waals surface area (Å²) < 4.78 is 0. The second-order valence-electron chi connectivity index (χ2n) is 5.05. The third-order valence-electron chi connectivity index (χ3n) is 3.42. The van der Waals surface area contributed by atoms with Crippen LogP contribution in [0.2, 0.25) is 0 Å². The summed E-state index contributed by atoms with van der Waals surface area (Å²) in [5.41, 5.74) is 9.11. The molecule has 0 aliphatic rings. The Bertz CT molecular complexity index is 554. The molecule has 0 saturated heterocycles. The number of benzene rings is 2. The van der Waals surface area contributed by atoms with Crippen LogP contribution in [0.4, 0.5) is 11.4 Å². The SMILES string of the molecule is Cc1cc(NC(C)(CO)c2ccccc2)ccc1N. The Morgan fingerprint density at radius 1 is 1.16 bits per heavy atom. The Labute approximate surface area is 114 Å². The van der Waals surface area contributed by atoms with E-state index >= 15 is 0 Å². The van der Waals surface area contributed by atoms with Crippen molar-refractivity contribution in [2.45, 2.75) is 19.4 Å². The zero-order valence-electron chi connectivity index (χ0n) is 11.4. The molecule has 0 spiro atoms. The van der Waals surface area contributed by atoms with E-state index in [0.717, 1.165) is 22.5 Å². The Morgan fingerprint density at radius 2 is 1.84 bits per heavy atom. The fourth-order valence-electron chi connectivity index (χ4n) is 2.08. The van der Waals surface area contributed by atoms with Gasteiger partial charge in [0.15, 0.2) is 0 Å². The Kier molecular flexibility index (Phi) is 3.76. The van der Waals surface area contributed by atoms with Gasteiger partial charge in [-0.3, -0.25) is 0 Å². The average Bonchev–Trinajstić information content (AvgIpc) is 2.44. The first kappa shape index (κ1) is 13.4. The largest absolute Gasteiger partial charge is 0.399 e. The van der Waals surface area contributed by atoms with Crippen molar-refractivity contribution in [1.29, 1.82) is 0 Å². The molecular formula is C16H20N2O. The molecule has 0 radical (unpaired) electrons. The van der Waals surface area contributed by atoms with Gasteiger partial charge in [0, 0.05) is 11.4 Å². The number of nitrogens with one attached hydrogen (secondary N) is 1. The number of aliphatic hydroxyl groups is 1. The summed E-state index contributed by atoms with van der Waals surface area (Å²) in [4.78, 5) is 0. The van der Waals surface area contributed by atoms with Gasteiger partial charge in [-0.05, 0) is 43.2 Å². The number of hydrogen-bond acceptors (Lipinski definition) is 3. The van der Waals surface area contributed by atoms with E-state index in [1.807, 2.05) is 62.4 Å². The van der Waals surface area contributed by atoms with Crippen LogP contribution in [-0.2, 0) is 5.54 Å². The van der Waals surface area contributed by atoms with Crippen molar-refractivity contribution >= 4 is 11.4 Å². The smallest absolute Gasteiger partial charge is 0.0828 e. The monoisotopic (exact) mass is 256 g/mol. The highest BCUT2D eigenvalue weighted by molar-refractivity contribution is 5.58. The van der Waals surface area contributed by atoms with Crippen molar-refractivity contribution in [3.63, 3.8) is 0 Å². The zero-order valence-corrected chi connectivity index (χ0v) is 11.4. The van der Waals surface area contributed by atoms with E-state index in [-0.39, 0.29) is 6.61 Å². The molecule has 2 rings (SSSR count). The average molecular weight is 256 g/mol. The number of aryl methyl sites for hydroxylation is 1. The fourth-order valence-corrected chi connectivity index (χ4v) is 2.08. The molecule has 19 heavy (non-hydrogen) atoms. The van der Waals surface area contributed by atoms with Gasteiger partial charge in [-0.1, -0.05) is 30.3 Å². The van der Waals surface area contributed by atoms with Crippen LogP contribution in [0.1, 0.15) is 18.1 Å². The summed E-state index contributed by atoms with van der Waals surface area (Å²) in [7, 11) is 0. The summed E-state index contributed by atoms with van der Waals surface area (Å²) in [6.45, 7) is 3.97. The molecule has 1 unspecified atom stereocenters. The van der Waals surface area contributed by atoms with Crippen LogP contribution in [0.3, 0.4) is 0 Å². The minimum atomic E-state index is -0.510. The van der Waals surface area contributed by atoms with Crippen LogP contribution in [0, 0.1) is 6.92 Å². The van der Waals surface area contributed by atoms with Crippen molar-refractivity contribution in [1.82, 2.24) is 0 Å². The highest BCUT2D eigenvalue weighted by Gasteiger charge is 2.25. The van der Waals surface area contributed by atoms with Gasteiger partial charge < -0.3 is 16.2 Å². The molecule has 0 saturated carbocycles. The van der Waals surface area contributed by atoms with Gasteiger partial charge in [0.2, 0.25) is 0 Å². The van der Waals surface area contributed by atoms with Crippen molar-refractivity contribution in [2.24, 2.45) is 0 Å². The minimum absolute atomic E-state index is 0.0143. The van der Waals surface area contributed by atoms with Crippen molar-refractivity contribution in [2.75, 3.05) is 17.7 Å². The second kappa shape index (κ2) is 5.33. The lowest BCUT2D eigenvalue weighted by Gasteiger charge is -2.30. The van der Waals surface area contributed by atoms with E-state index < -0.39 is 5.54 Å². The summed E-state index contributed by atoms with van der Waals surface area (Å²) >= 11 is 0. The molecule has 2 aromatic carbocycles. The third kappa shape index (κ3) is 2.88. The molecule has 0 fully saturated rings. The van der Waals surface area contributed by atoms with Crippen molar-refractivity contribution in [3.8, 4) is 0 Å². The molecule has 4 N–H and O–H groups in total. The topological polar surface area (TPSA) is 58.3 Å². The minimum Gasteiger partial charge on any atom is -0.399 e. The first-order valence-electron chi connectivity index (χ1n) is 6.36. The molecule has 0 aromatic heterocycles. The lowest BCUT2D eigenvalue weighted by Crippen LogP contribution is -2.35. The van der Waals surface area contributed by atoms with Crippen LogP contribution in [-0.4, -0.2) is 11.7 Å². The molecule has 1 atom stereocenters. The quantitative estimate of drug-likeness (QED) is 0.737. The van der Waals surface area contributed by atoms with E-state index in [1.54, 1.807) is 0 Å². The number of hydrogen-bond donors (Lipinski definition) is 3. The van der Waals surface area contributed by atoms with E-state index in [0.29, 0.717) is 0 Å². The highest BCUT2D eigenvalue weighted by atomic mass is 16.3. The van der Waals surface area contributed by atoms with Crippen LogP contribution in [0.15, 0.2) is 48.5 Å². The van der Waals surface area contributed by atoms with Gasteiger partial charge in [0.1, 0.15) is 0 Å². The van der Waals surface area contributed by atoms with Crippen LogP contribution in [0.25, 0.3) is 0 Å². The van der Waals surface area contributed by atoms with Crippen LogP contribution in [0.5, 0.6) is 0 Å². The Hall–Kier alpha value is -2.00. The van der Waals surface area contributed by atoms with E-state index in [9.17, 15) is 5.11 Å². The molecule has 0 bridgehead atoms. The van der Waals surface area contributed by atoms with Crippen molar-refractivity contribution < 1.29 is 5.11 Å². The molecule has 0 amide bonds. The van der Waals surface area contributed by atoms with Gasteiger partial charge in [-0.15, -0.1) is 0 Å². The van der Waals surface area contributed by atoms with Gasteiger partial charge in [0.25, 0.3) is 0 Å². The van der Waals surface area contributed by atoms with E-state index in [2.05, 4.69) is 5.32 Å². The number of nitrogen functional groups attached to an aromatic ring is 1. The molecule has 3 nitrogen and oxygen atoms in total. The highest BCUT2D eigenvalue weighted by Crippen LogP contribution is 2.27. The molecule has 100 valence electrons. The predicted octanol–water partition coefficient (Wildman–Crippen LogP) is 2.90. The van der Waals surface area contributed by atoms with Crippen LogP contribution < -0.4 is 11.1 Å². The molecule has 0 aliphatic carbocycles. The number of anilines is 2.